The maximum absolute atomic E-state index is 3.30. The monoisotopic (exact) mass is 161 g/mol. The number of allylic oxidation sites excluding steroid dienone is 2. The fraction of sp³-hybridized carbons (Fsp3) is 0.273. The molecule has 0 amide bonds. The predicted molar refractivity (Wildman–Crippen MR) is 54.1 cm³/mol. The van der Waals surface area contributed by atoms with E-state index >= 15 is 0 Å². The van der Waals surface area contributed by atoms with Crippen molar-refractivity contribution in [2.45, 2.75) is 20.3 Å². The molecule has 0 aliphatic rings. The Hall–Kier alpha value is -1.24. The largest absolute Gasteiger partial charge is 0.359 e. The fourth-order valence-electron chi connectivity index (χ4n) is 1.11. The lowest BCUT2D eigenvalue weighted by Gasteiger charge is -2.04. The normalized spacial score (nSPS) is 11.3. The first-order valence-corrected chi connectivity index (χ1v) is 4.31. The molecule has 0 aliphatic carbocycles. The van der Waals surface area contributed by atoms with Crippen LogP contribution in [-0.4, -0.2) is 0 Å². The number of hydrogen-bond donors (Lipinski definition) is 1. The summed E-state index contributed by atoms with van der Waals surface area (Å²) in [7, 11) is 0. The van der Waals surface area contributed by atoms with E-state index in [1.165, 1.54) is 5.70 Å². The van der Waals surface area contributed by atoms with Crippen LogP contribution in [0.4, 0.5) is 5.69 Å². The maximum atomic E-state index is 3.30. The summed E-state index contributed by atoms with van der Waals surface area (Å²) >= 11 is 0. The van der Waals surface area contributed by atoms with Gasteiger partial charge in [0, 0.05) is 11.4 Å². The molecule has 0 saturated heterocycles. The topological polar surface area (TPSA) is 12.0 Å². The Labute approximate surface area is 74.1 Å². The average molecular weight is 161 g/mol. The Morgan fingerprint density at radius 3 is 2.58 bits per heavy atom. The molecule has 1 heteroatoms. The van der Waals surface area contributed by atoms with Gasteiger partial charge >= 0.3 is 0 Å². The van der Waals surface area contributed by atoms with Crippen molar-refractivity contribution in [3.8, 4) is 0 Å². The highest BCUT2D eigenvalue weighted by molar-refractivity contribution is 5.47. The molecule has 1 aromatic rings. The Morgan fingerprint density at radius 2 is 2.00 bits per heavy atom. The summed E-state index contributed by atoms with van der Waals surface area (Å²) in [6, 6.07) is 10.2. The van der Waals surface area contributed by atoms with E-state index in [4.69, 9.17) is 0 Å². The third kappa shape index (κ3) is 2.79. The molecule has 0 saturated carbocycles. The first-order chi connectivity index (χ1) is 5.83. The first-order valence-electron chi connectivity index (χ1n) is 4.31. The molecule has 64 valence electrons. The smallest absolute Gasteiger partial charge is 0.0381 e. The Kier molecular flexibility index (Phi) is 3.39. The van der Waals surface area contributed by atoms with Gasteiger partial charge in [-0.2, -0.15) is 0 Å². The minimum atomic E-state index is 1.08. The molecule has 0 aromatic heterocycles. The molecule has 0 atom stereocenters. The minimum Gasteiger partial charge on any atom is -0.359 e. The van der Waals surface area contributed by atoms with E-state index in [2.05, 4.69) is 37.4 Å². The van der Waals surface area contributed by atoms with E-state index in [1.807, 2.05) is 18.2 Å². The zero-order chi connectivity index (χ0) is 8.81. The summed E-state index contributed by atoms with van der Waals surface area (Å²) < 4.78 is 0. The summed E-state index contributed by atoms with van der Waals surface area (Å²) in [5.74, 6) is 0. The van der Waals surface area contributed by atoms with Crippen molar-refractivity contribution in [3.63, 3.8) is 0 Å². The van der Waals surface area contributed by atoms with Crippen LogP contribution in [0.2, 0.25) is 0 Å². The maximum Gasteiger partial charge on any atom is 0.0381 e. The summed E-state index contributed by atoms with van der Waals surface area (Å²) in [5.41, 5.74) is 2.36. The summed E-state index contributed by atoms with van der Waals surface area (Å²) in [5, 5.41) is 3.30. The first kappa shape index (κ1) is 8.85. The van der Waals surface area contributed by atoms with Crippen molar-refractivity contribution in [1.82, 2.24) is 0 Å². The standard InChI is InChI=1S/C11H15N/c1-3-7-10(2)12-11-8-5-4-6-9-11/h4-9,12H,3H2,1-2H3/b10-7-. The lowest BCUT2D eigenvalue weighted by molar-refractivity contribution is 1.18. The molecule has 0 radical (unpaired) electrons. The quantitative estimate of drug-likeness (QED) is 0.716. The molecular weight excluding hydrogens is 146 g/mol. The van der Waals surface area contributed by atoms with E-state index in [0.717, 1.165) is 12.1 Å². The van der Waals surface area contributed by atoms with Crippen LogP contribution >= 0.6 is 0 Å². The third-order valence-corrected chi connectivity index (χ3v) is 1.63. The lowest BCUT2D eigenvalue weighted by Crippen LogP contribution is -1.94. The number of benzene rings is 1. The van der Waals surface area contributed by atoms with E-state index in [0.29, 0.717) is 0 Å². The van der Waals surface area contributed by atoms with Gasteiger partial charge in [0.15, 0.2) is 0 Å². The SMILES string of the molecule is CC/C=C(/C)Nc1ccccc1. The zero-order valence-corrected chi connectivity index (χ0v) is 7.67. The van der Waals surface area contributed by atoms with E-state index < -0.39 is 0 Å². The number of nitrogens with one attached hydrogen (secondary N) is 1. The second-order valence-electron chi connectivity index (χ2n) is 2.79. The molecule has 1 aromatic carbocycles. The molecule has 0 unspecified atom stereocenters. The highest BCUT2D eigenvalue weighted by Gasteiger charge is 1.88. The number of rotatable bonds is 3. The number of hydrogen-bond acceptors (Lipinski definition) is 1. The van der Waals surface area contributed by atoms with Gasteiger partial charge in [0.1, 0.15) is 0 Å². The van der Waals surface area contributed by atoms with Gasteiger partial charge in [-0.25, -0.2) is 0 Å². The molecule has 0 fully saturated rings. The van der Waals surface area contributed by atoms with Gasteiger partial charge in [0.25, 0.3) is 0 Å². The molecule has 1 N–H and O–H groups in total. The van der Waals surface area contributed by atoms with Crippen molar-refractivity contribution < 1.29 is 0 Å². The molecule has 0 spiro atoms. The second-order valence-corrected chi connectivity index (χ2v) is 2.79. The van der Waals surface area contributed by atoms with E-state index in [1.54, 1.807) is 0 Å². The molecule has 1 nitrogen and oxygen atoms in total. The fourth-order valence-corrected chi connectivity index (χ4v) is 1.11. The number of para-hydroxylation sites is 1. The van der Waals surface area contributed by atoms with Gasteiger partial charge in [-0.05, 0) is 25.5 Å². The van der Waals surface area contributed by atoms with Crippen LogP contribution < -0.4 is 5.32 Å². The van der Waals surface area contributed by atoms with Crippen LogP contribution in [0.1, 0.15) is 20.3 Å². The molecule has 0 bridgehead atoms. The minimum absolute atomic E-state index is 1.08. The molecule has 1 rings (SSSR count). The molecule has 0 heterocycles. The van der Waals surface area contributed by atoms with Crippen LogP contribution in [0.5, 0.6) is 0 Å². The third-order valence-electron chi connectivity index (χ3n) is 1.63. The zero-order valence-electron chi connectivity index (χ0n) is 7.67. The molecule has 0 aliphatic heterocycles. The Morgan fingerprint density at radius 1 is 1.33 bits per heavy atom. The van der Waals surface area contributed by atoms with Gasteiger partial charge in [0.2, 0.25) is 0 Å². The average Bonchev–Trinajstić information content (AvgIpc) is 2.06. The van der Waals surface area contributed by atoms with Crippen LogP contribution in [0.3, 0.4) is 0 Å². The van der Waals surface area contributed by atoms with Crippen molar-refractivity contribution in [1.29, 1.82) is 0 Å². The van der Waals surface area contributed by atoms with Crippen LogP contribution in [-0.2, 0) is 0 Å². The van der Waals surface area contributed by atoms with Gasteiger partial charge in [0.05, 0.1) is 0 Å². The highest BCUT2D eigenvalue weighted by Crippen LogP contribution is 2.08. The van der Waals surface area contributed by atoms with Crippen LogP contribution in [0.15, 0.2) is 42.1 Å². The van der Waals surface area contributed by atoms with Crippen LogP contribution in [0, 0.1) is 0 Å². The van der Waals surface area contributed by atoms with Gasteiger partial charge < -0.3 is 5.32 Å². The summed E-state index contributed by atoms with van der Waals surface area (Å²) in [4.78, 5) is 0. The van der Waals surface area contributed by atoms with Crippen LogP contribution in [0.25, 0.3) is 0 Å². The predicted octanol–water partition coefficient (Wildman–Crippen LogP) is 3.41. The van der Waals surface area contributed by atoms with Crippen molar-refractivity contribution in [3.05, 3.63) is 42.1 Å². The van der Waals surface area contributed by atoms with Crippen molar-refractivity contribution in [2.24, 2.45) is 0 Å². The summed E-state index contributed by atoms with van der Waals surface area (Å²) in [6.45, 7) is 4.21. The lowest BCUT2D eigenvalue weighted by atomic mass is 10.3. The van der Waals surface area contributed by atoms with Gasteiger partial charge in [-0.1, -0.05) is 31.2 Å². The van der Waals surface area contributed by atoms with E-state index in [-0.39, 0.29) is 0 Å². The summed E-state index contributed by atoms with van der Waals surface area (Å²) in [6.07, 6.45) is 3.25. The Balaban J connectivity index is 2.58. The van der Waals surface area contributed by atoms with Gasteiger partial charge in [-0.15, -0.1) is 0 Å². The second kappa shape index (κ2) is 4.60. The molecule has 12 heavy (non-hydrogen) atoms. The Bertz CT molecular complexity index is 249. The molecular formula is C11H15N. The van der Waals surface area contributed by atoms with Crippen molar-refractivity contribution in [2.75, 3.05) is 5.32 Å². The highest BCUT2D eigenvalue weighted by atomic mass is 14.9. The van der Waals surface area contributed by atoms with Gasteiger partial charge in [-0.3, -0.25) is 0 Å². The van der Waals surface area contributed by atoms with E-state index in [9.17, 15) is 0 Å². The van der Waals surface area contributed by atoms with Crippen molar-refractivity contribution >= 4 is 5.69 Å². The number of anilines is 1.